The molecule has 2 heterocycles. The van der Waals surface area contributed by atoms with Crippen molar-refractivity contribution in [1.29, 1.82) is 0 Å². The van der Waals surface area contributed by atoms with Crippen molar-refractivity contribution in [2.24, 2.45) is 11.8 Å². The molecular formula is C25H33N3O5. The fraction of sp³-hybridized carbons (Fsp3) is 0.560. The van der Waals surface area contributed by atoms with Crippen molar-refractivity contribution in [2.75, 3.05) is 46.4 Å². The molecule has 178 valence electrons. The Hall–Kier alpha value is -2.87. The van der Waals surface area contributed by atoms with Crippen LogP contribution in [0.1, 0.15) is 24.8 Å². The summed E-state index contributed by atoms with van der Waals surface area (Å²) >= 11 is 0. The highest BCUT2D eigenvalue weighted by atomic mass is 16.5. The first-order chi connectivity index (χ1) is 16.0. The average Bonchev–Trinajstić information content (AvgIpc) is 3.59. The van der Waals surface area contributed by atoms with Gasteiger partial charge in [0.15, 0.2) is 0 Å². The van der Waals surface area contributed by atoms with E-state index < -0.39 is 5.92 Å². The molecule has 0 unspecified atom stereocenters. The zero-order chi connectivity index (χ0) is 23.4. The van der Waals surface area contributed by atoms with Crippen molar-refractivity contribution in [3.63, 3.8) is 0 Å². The molecule has 2 atom stereocenters. The second-order valence-electron chi connectivity index (χ2n) is 9.23. The predicted molar refractivity (Wildman–Crippen MR) is 122 cm³/mol. The Morgan fingerprint density at radius 3 is 2.70 bits per heavy atom. The number of ether oxygens (including phenoxy) is 2. The summed E-state index contributed by atoms with van der Waals surface area (Å²) in [5, 5.41) is 0. The quantitative estimate of drug-likeness (QED) is 0.530. The largest absolute Gasteiger partial charge is 0.497 e. The van der Waals surface area contributed by atoms with Gasteiger partial charge in [0, 0.05) is 45.8 Å². The van der Waals surface area contributed by atoms with Crippen LogP contribution in [0.25, 0.3) is 0 Å². The second-order valence-corrected chi connectivity index (χ2v) is 9.23. The smallest absolute Gasteiger partial charge is 0.242 e. The molecule has 1 aromatic rings. The third-order valence-electron chi connectivity index (χ3n) is 6.52. The lowest BCUT2D eigenvalue weighted by molar-refractivity contribution is -0.141. The van der Waals surface area contributed by atoms with Gasteiger partial charge < -0.3 is 24.2 Å². The van der Waals surface area contributed by atoms with Crippen molar-refractivity contribution in [1.82, 2.24) is 14.7 Å². The number of likely N-dealkylation sites (tertiary alicyclic amines) is 1. The normalized spacial score (nSPS) is 23.6. The number of methoxy groups -OCH3 is 1. The van der Waals surface area contributed by atoms with Crippen molar-refractivity contribution in [3.8, 4) is 5.75 Å². The van der Waals surface area contributed by atoms with Crippen LogP contribution < -0.4 is 4.74 Å². The minimum absolute atomic E-state index is 0.00175. The third kappa shape index (κ3) is 5.93. The summed E-state index contributed by atoms with van der Waals surface area (Å²) in [5.74, 6) is 0.584. The van der Waals surface area contributed by atoms with Gasteiger partial charge in [-0.25, -0.2) is 0 Å². The van der Waals surface area contributed by atoms with E-state index in [1.54, 1.807) is 27.9 Å². The zero-order valence-electron chi connectivity index (χ0n) is 19.3. The number of hydrogen-bond acceptors (Lipinski definition) is 5. The van der Waals surface area contributed by atoms with Crippen LogP contribution in [0.3, 0.4) is 0 Å². The first-order valence-corrected chi connectivity index (χ1v) is 11.7. The molecule has 0 bridgehead atoms. The Morgan fingerprint density at radius 1 is 1.15 bits per heavy atom. The van der Waals surface area contributed by atoms with Crippen molar-refractivity contribution in [3.05, 3.63) is 42.5 Å². The predicted octanol–water partition coefficient (Wildman–Crippen LogP) is 1.70. The number of carbonyl (C=O) groups is 3. The number of benzene rings is 1. The number of amides is 3. The highest BCUT2D eigenvalue weighted by molar-refractivity contribution is 5.91. The van der Waals surface area contributed by atoms with E-state index in [0.717, 1.165) is 11.3 Å². The maximum Gasteiger partial charge on any atom is 0.242 e. The minimum atomic E-state index is -0.431. The van der Waals surface area contributed by atoms with E-state index in [0.29, 0.717) is 45.2 Å². The summed E-state index contributed by atoms with van der Waals surface area (Å²) < 4.78 is 11.5. The second kappa shape index (κ2) is 10.4. The van der Waals surface area contributed by atoms with Crippen LogP contribution in [-0.4, -0.2) is 85.0 Å². The molecule has 0 N–H and O–H groups in total. The van der Waals surface area contributed by atoms with Crippen LogP contribution in [0.5, 0.6) is 5.75 Å². The van der Waals surface area contributed by atoms with Crippen molar-refractivity contribution < 1.29 is 23.9 Å². The molecule has 3 fully saturated rings. The van der Waals surface area contributed by atoms with E-state index in [1.165, 1.54) is 12.8 Å². The lowest BCUT2D eigenvalue weighted by atomic mass is 10.1. The van der Waals surface area contributed by atoms with Gasteiger partial charge in [-0.15, -0.1) is 6.58 Å². The summed E-state index contributed by atoms with van der Waals surface area (Å²) in [5.41, 5.74) is 0.963. The topological polar surface area (TPSA) is 79.4 Å². The Bertz CT molecular complexity index is 900. The highest BCUT2D eigenvalue weighted by Gasteiger charge is 2.39. The average molecular weight is 456 g/mol. The van der Waals surface area contributed by atoms with Gasteiger partial charge in [-0.2, -0.15) is 0 Å². The number of rotatable bonds is 9. The molecule has 0 aromatic heterocycles. The third-order valence-corrected chi connectivity index (χ3v) is 6.52. The first-order valence-electron chi connectivity index (χ1n) is 11.7. The van der Waals surface area contributed by atoms with Gasteiger partial charge in [0.1, 0.15) is 5.75 Å². The summed E-state index contributed by atoms with van der Waals surface area (Å²) in [4.78, 5) is 43.8. The van der Waals surface area contributed by atoms with E-state index >= 15 is 0 Å². The Balaban J connectivity index is 1.47. The summed E-state index contributed by atoms with van der Waals surface area (Å²) in [6.45, 7) is 6.35. The highest BCUT2D eigenvalue weighted by Crippen LogP contribution is 2.30. The molecule has 3 amide bonds. The standard InChI is InChI=1S/C25H33N3O5/c1-3-9-26-13-20(11-23(26)29)25(31)28-15-22(33-17-18-7-8-18)14-27(24(30)16-28)12-19-5-4-6-21(10-19)32-2/h3-6,10,18,20,22H,1,7-9,11-17H2,2H3/t20-,22-/m1/s1. The van der Waals surface area contributed by atoms with Gasteiger partial charge in [-0.3, -0.25) is 14.4 Å². The Labute approximate surface area is 195 Å². The maximum atomic E-state index is 13.3. The number of hydrogen-bond donors (Lipinski definition) is 0. The van der Waals surface area contributed by atoms with E-state index in [1.807, 2.05) is 24.3 Å². The zero-order valence-corrected chi connectivity index (χ0v) is 19.3. The van der Waals surface area contributed by atoms with Gasteiger partial charge in [0.05, 0.1) is 25.7 Å². The summed E-state index contributed by atoms with van der Waals surface area (Å²) in [7, 11) is 1.62. The lowest BCUT2D eigenvalue weighted by Gasteiger charge is -2.26. The van der Waals surface area contributed by atoms with Gasteiger partial charge >= 0.3 is 0 Å². The molecule has 0 spiro atoms. The van der Waals surface area contributed by atoms with Gasteiger partial charge in [-0.05, 0) is 36.5 Å². The Kier molecular flexibility index (Phi) is 7.33. The molecule has 8 nitrogen and oxygen atoms in total. The number of nitrogens with zero attached hydrogens (tertiary/aromatic N) is 3. The SMILES string of the molecule is C=CCN1C[C@H](C(=O)N2CC(=O)N(Cc3cccc(OC)c3)C[C@@H](OCC3CC3)C2)CC1=O. The van der Waals surface area contributed by atoms with E-state index in [9.17, 15) is 14.4 Å². The number of carbonyl (C=O) groups excluding carboxylic acids is 3. The molecule has 2 aliphatic heterocycles. The van der Waals surface area contributed by atoms with Gasteiger partial charge in [0.25, 0.3) is 0 Å². The fourth-order valence-electron chi connectivity index (χ4n) is 4.48. The van der Waals surface area contributed by atoms with Crippen LogP contribution in [0.2, 0.25) is 0 Å². The molecular weight excluding hydrogens is 422 g/mol. The van der Waals surface area contributed by atoms with Crippen LogP contribution in [0.15, 0.2) is 36.9 Å². The van der Waals surface area contributed by atoms with E-state index in [2.05, 4.69) is 6.58 Å². The molecule has 0 radical (unpaired) electrons. The molecule has 33 heavy (non-hydrogen) atoms. The minimum Gasteiger partial charge on any atom is -0.497 e. The summed E-state index contributed by atoms with van der Waals surface area (Å²) in [6, 6.07) is 7.65. The fourth-order valence-corrected chi connectivity index (χ4v) is 4.48. The molecule has 3 aliphatic rings. The lowest BCUT2D eigenvalue weighted by Crippen LogP contribution is -2.43. The first kappa shape index (κ1) is 23.3. The Morgan fingerprint density at radius 2 is 1.97 bits per heavy atom. The van der Waals surface area contributed by atoms with Crippen LogP contribution in [-0.2, 0) is 25.7 Å². The van der Waals surface area contributed by atoms with Gasteiger partial charge in [0.2, 0.25) is 17.7 Å². The molecule has 8 heteroatoms. The van der Waals surface area contributed by atoms with Crippen LogP contribution in [0, 0.1) is 11.8 Å². The molecule has 2 saturated heterocycles. The molecule has 1 saturated carbocycles. The van der Waals surface area contributed by atoms with Crippen molar-refractivity contribution >= 4 is 17.7 Å². The molecule has 1 aromatic carbocycles. The van der Waals surface area contributed by atoms with Crippen molar-refractivity contribution in [2.45, 2.75) is 31.9 Å². The monoisotopic (exact) mass is 455 g/mol. The van der Waals surface area contributed by atoms with Gasteiger partial charge in [-0.1, -0.05) is 18.2 Å². The summed E-state index contributed by atoms with van der Waals surface area (Å²) in [6.07, 6.45) is 3.93. The van der Waals surface area contributed by atoms with E-state index in [-0.39, 0.29) is 36.8 Å². The van der Waals surface area contributed by atoms with E-state index in [4.69, 9.17) is 9.47 Å². The maximum absolute atomic E-state index is 13.3. The molecule has 1 aliphatic carbocycles. The van der Waals surface area contributed by atoms with Crippen LogP contribution in [0.4, 0.5) is 0 Å². The molecule has 4 rings (SSSR count). The van der Waals surface area contributed by atoms with Crippen LogP contribution >= 0.6 is 0 Å².